The van der Waals surface area contributed by atoms with Gasteiger partial charge in [-0.05, 0) is 24.8 Å². The highest BCUT2D eigenvalue weighted by Gasteiger charge is 2.33. The molecule has 5 heteroatoms. The molecule has 0 radical (unpaired) electrons. The quantitative estimate of drug-likeness (QED) is 0.563. The number of benzene rings is 2. The highest BCUT2D eigenvalue weighted by molar-refractivity contribution is 5.98. The SMILES string of the molecule is [C-]#[N+]c1ccc(C(=O)N(CCCC)C(C(=O)NC2CCCCC2)c2ccccc2)cc1. The average molecular weight is 418 g/mol. The number of nitrogens with zero attached hydrogens (tertiary/aromatic N) is 2. The van der Waals surface area contributed by atoms with E-state index < -0.39 is 6.04 Å². The maximum Gasteiger partial charge on any atom is 0.254 e. The summed E-state index contributed by atoms with van der Waals surface area (Å²) in [7, 11) is 0. The molecule has 0 bridgehead atoms. The molecule has 0 heterocycles. The number of hydrogen-bond acceptors (Lipinski definition) is 2. The summed E-state index contributed by atoms with van der Waals surface area (Å²) in [5.41, 5.74) is 1.80. The Labute approximate surface area is 185 Å². The van der Waals surface area contributed by atoms with Crippen molar-refractivity contribution < 1.29 is 9.59 Å². The topological polar surface area (TPSA) is 53.8 Å². The van der Waals surface area contributed by atoms with E-state index in [0.717, 1.165) is 44.1 Å². The van der Waals surface area contributed by atoms with Crippen LogP contribution in [0.4, 0.5) is 5.69 Å². The largest absolute Gasteiger partial charge is 0.351 e. The van der Waals surface area contributed by atoms with Gasteiger partial charge in [0, 0.05) is 18.2 Å². The van der Waals surface area contributed by atoms with Crippen LogP contribution < -0.4 is 5.32 Å². The maximum atomic E-state index is 13.5. The van der Waals surface area contributed by atoms with Gasteiger partial charge in [-0.2, -0.15) is 0 Å². The minimum absolute atomic E-state index is 0.111. The molecule has 1 atom stereocenters. The Morgan fingerprint density at radius 1 is 1.06 bits per heavy atom. The molecule has 31 heavy (non-hydrogen) atoms. The average Bonchev–Trinajstić information content (AvgIpc) is 2.82. The molecule has 5 nitrogen and oxygen atoms in total. The third kappa shape index (κ3) is 5.95. The van der Waals surface area contributed by atoms with Gasteiger partial charge in [-0.25, -0.2) is 4.85 Å². The van der Waals surface area contributed by atoms with E-state index in [0.29, 0.717) is 17.8 Å². The standard InChI is InChI=1S/C26H31N3O2/c1-3-4-19-29(26(31)21-15-17-22(27-2)18-16-21)24(20-11-7-5-8-12-20)25(30)28-23-13-9-6-10-14-23/h5,7-8,11-12,15-18,23-24H,3-4,6,9-10,13-14,19H2,1H3,(H,28,30). The van der Waals surface area contributed by atoms with Crippen molar-refractivity contribution in [2.45, 2.75) is 64.0 Å². The first kappa shape index (κ1) is 22.6. The van der Waals surface area contributed by atoms with Gasteiger partial charge in [0.2, 0.25) is 5.91 Å². The van der Waals surface area contributed by atoms with E-state index in [1.54, 1.807) is 29.2 Å². The molecule has 1 saturated carbocycles. The molecular weight excluding hydrogens is 386 g/mol. The zero-order valence-corrected chi connectivity index (χ0v) is 18.2. The van der Waals surface area contributed by atoms with Crippen molar-refractivity contribution in [1.82, 2.24) is 10.2 Å². The molecule has 1 N–H and O–H groups in total. The van der Waals surface area contributed by atoms with Crippen molar-refractivity contribution in [3.8, 4) is 0 Å². The van der Waals surface area contributed by atoms with Crippen molar-refractivity contribution in [1.29, 1.82) is 0 Å². The second kappa shape index (κ2) is 11.3. The van der Waals surface area contributed by atoms with E-state index in [1.807, 2.05) is 30.3 Å². The molecule has 0 aliphatic heterocycles. The summed E-state index contributed by atoms with van der Waals surface area (Å²) in [4.78, 5) is 32.1. The van der Waals surface area contributed by atoms with Crippen LogP contribution in [0.1, 0.15) is 73.8 Å². The van der Waals surface area contributed by atoms with E-state index in [4.69, 9.17) is 6.57 Å². The molecule has 1 aliphatic rings. The number of hydrogen-bond donors (Lipinski definition) is 1. The fourth-order valence-corrected chi connectivity index (χ4v) is 4.16. The number of unbranched alkanes of at least 4 members (excludes halogenated alkanes) is 1. The smallest absolute Gasteiger partial charge is 0.254 e. The number of carbonyl (C=O) groups is 2. The highest BCUT2D eigenvalue weighted by atomic mass is 16.2. The predicted molar refractivity (Wildman–Crippen MR) is 123 cm³/mol. The van der Waals surface area contributed by atoms with Crippen LogP contribution in [-0.2, 0) is 4.79 Å². The number of rotatable bonds is 8. The maximum absolute atomic E-state index is 13.5. The van der Waals surface area contributed by atoms with Crippen LogP contribution in [0.15, 0.2) is 54.6 Å². The number of nitrogens with one attached hydrogen (secondary N) is 1. The van der Waals surface area contributed by atoms with Crippen molar-refractivity contribution in [3.05, 3.63) is 77.1 Å². The van der Waals surface area contributed by atoms with Gasteiger partial charge in [0.25, 0.3) is 5.91 Å². The summed E-state index contributed by atoms with van der Waals surface area (Å²) < 4.78 is 0. The van der Waals surface area contributed by atoms with E-state index in [9.17, 15) is 9.59 Å². The van der Waals surface area contributed by atoms with Gasteiger partial charge < -0.3 is 10.2 Å². The second-order valence-corrected chi connectivity index (χ2v) is 8.17. The van der Waals surface area contributed by atoms with Crippen LogP contribution >= 0.6 is 0 Å². The lowest BCUT2D eigenvalue weighted by atomic mass is 9.94. The van der Waals surface area contributed by atoms with Gasteiger partial charge in [0.15, 0.2) is 5.69 Å². The molecule has 3 rings (SSSR count). The van der Waals surface area contributed by atoms with Crippen LogP contribution in [0, 0.1) is 6.57 Å². The Morgan fingerprint density at radius 2 is 1.74 bits per heavy atom. The molecule has 2 amide bonds. The Kier molecular flexibility index (Phi) is 8.23. The zero-order chi connectivity index (χ0) is 22.1. The Balaban J connectivity index is 1.93. The Hall–Kier alpha value is -3.13. The van der Waals surface area contributed by atoms with E-state index in [-0.39, 0.29) is 17.9 Å². The van der Waals surface area contributed by atoms with Gasteiger partial charge >= 0.3 is 0 Å². The third-order valence-corrected chi connectivity index (χ3v) is 5.88. The predicted octanol–water partition coefficient (Wildman–Crippen LogP) is 5.67. The van der Waals surface area contributed by atoms with Crippen molar-refractivity contribution >= 4 is 17.5 Å². The minimum atomic E-state index is -0.678. The Morgan fingerprint density at radius 3 is 2.35 bits per heavy atom. The van der Waals surface area contributed by atoms with E-state index in [2.05, 4.69) is 17.1 Å². The lowest BCUT2D eigenvalue weighted by Crippen LogP contribution is -2.47. The fourth-order valence-electron chi connectivity index (χ4n) is 4.16. The summed E-state index contributed by atoms with van der Waals surface area (Å²) >= 11 is 0. The fraction of sp³-hybridized carbons (Fsp3) is 0.423. The van der Waals surface area contributed by atoms with E-state index in [1.165, 1.54) is 6.42 Å². The van der Waals surface area contributed by atoms with Gasteiger partial charge in [0.1, 0.15) is 6.04 Å². The Bertz CT molecular complexity index is 896. The molecule has 0 aromatic heterocycles. The summed E-state index contributed by atoms with van der Waals surface area (Å²) in [6.45, 7) is 9.71. The number of carbonyl (C=O) groups excluding carboxylic acids is 2. The van der Waals surface area contributed by atoms with Crippen molar-refractivity contribution in [3.63, 3.8) is 0 Å². The molecule has 1 aliphatic carbocycles. The molecular formula is C26H31N3O2. The summed E-state index contributed by atoms with van der Waals surface area (Å²) in [5.74, 6) is -0.294. The van der Waals surface area contributed by atoms with Crippen LogP contribution in [-0.4, -0.2) is 29.3 Å². The third-order valence-electron chi connectivity index (χ3n) is 5.88. The highest BCUT2D eigenvalue weighted by Crippen LogP contribution is 2.26. The molecule has 0 saturated heterocycles. The summed E-state index contributed by atoms with van der Waals surface area (Å²) in [6.07, 6.45) is 7.20. The minimum Gasteiger partial charge on any atom is -0.351 e. The van der Waals surface area contributed by atoms with Gasteiger partial charge in [-0.15, -0.1) is 0 Å². The normalized spacial score (nSPS) is 15.0. The molecule has 2 aromatic rings. The first-order valence-electron chi connectivity index (χ1n) is 11.3. The molecule has 1 unspecified atom stereocenters. The molecule has 1 fully saturated rings. The first-order chi connectivity index (χ1) is 15.1. The van der Waals surface area contributed by atoms with E-state index >= 15 is 0 Å². The zero-order valence-electron chi connectivity index (χ0n) is 18.2. The van der Waals surface area contributed by atoms with Gasteiger partial charge in [-0.1, -0.05) is 87.2 Å². The van der Waals surface area contributed by atoms with Crippen LogP contribution in [0.2, 0.25) is 0 Å². The first-order valence-corrected chi connectivity index (χ1v) is 11.3. The van der Waals surface area contributed by atoms with Crippen LogP contribution in [0.3, 0.4) is 0 Å². The van der Waals surface area contributed by atoms with Gasteiger partial charge in [0.05, 0.1) is 6.57 Å². The second-order valence-electron chi connectivity index (χ2n) is 8.17. The lowest BCUT2D eigenvalue weighted by molar-refractivity contribution is -0.126. The summed E-state index contributed by atoms with van der Waals surface area (Å²) in [5, 5.41) is 3.23. The van der Waals surface area contributed by atoms with Crippen LogP contribution in [0.25, 0.3) is 4.85 Å². The van der Waals surface area contributed by atoms with Crippen LogP contribution in [0.5, 0.6) is 0 Å². The molecule has 162 valence electrons. The van der Waals surface area contributed by atoms with Crippen molar-refractivity contribution in [2.24, 2.45) is 0 Å². The van der Waals surface area contributed by atoms with Crippen molar-refractivity contribution in [2.75, 3.05) is 6.54 Å². The number of amides is 2. The van der Waals surface area contributed by atoms with Gasteiger partial charge in [-0.3, -0.25) is 9.59 Å². The molecule has 2 aromatic carbocycles. The molecule has 0 spiro atoms. The lowest BCUT2D eigenvalue weighted by Gasteiger charge is -2.33. The monoisotopic (exact) mass is 417 g/mol. The summed E-state index contributed by atoms with van der Waals surface area (Å²) in [6, 6.07) is 15.7.